The van der Waals surface area contributed by atoms with Crippen molar-refractivity contribution in [1.29, 1.82) is 0 Å². The van der Waals surface area contributed by atoms with Gasteiger partial charge < -0.3 is 10.4 Å². The predicted octanol–water partition coefficient (Wildman–Crippen LogP) is 3.34. The number of carbonyl (C=O) groups excluding carboxylic acids is 1. The van der Waals surface area contributed by atoms with Gasteiger partial charge in [0.2, 0.25) is 5.91 Å². The number of aliphatic imine (C=N–C) groups is 1. The van der Waals surface area contributed by atoms with E-state index in [2.05, 4.69) is 10.3 Å². The molecule has 4 rings (SSSR count). The number of aliphatic hydroxyl groups is 1. The molecular formula is C21H17F3N2O2. The third kappa shape index (κ3) is 2.92. The summed E-state index contributed by atoms with van der Waals surface area (Å²) in [5, 5.41) is 13.3. The molecule has 0 spiro atoms. The maximum atomic E-state index is 14.0. The summed E-state index contributed by atoms with van der Waals surface area (Å²) in [7, 11) is 0. The fourth-order valence-electron chi connectivity index (χ4n) is 3.77. The van der Waals surface area contributed by atoms with Crippen molar-refractivity contribution in [2.24, 2.45) is 4.99 Å². The van der Waals surface area contributed by atoms with E-state index in [0.717, 1.165) is 5.56 Å². The summed E-state index contributed by atoms with van der Waals surface area (Å²) in [6, 6.07) is 17.3. The lowest BCUT2D eigenvalue weighted by atomic mass is 9.75. The van der Waals surface area contributed by atoms with E-state index in [0.29, 0.717) is 5.56 Å². The van der Waals surface area contributed by atoms with E-state index in [4.69, 9.17) is 0 Å². The Kier molecular flexibility index (Phi) is 4.34. The minimum absolute atomic E-state index is 0.0580. The zero-order chi connectivity index (χ0) is 19.9. The molecule has 28 heavy (non-hydrogen) atoms. The van der Waals surface area contributed by atoms with E-state index >= 15 is 0 Å². The normalized spacial score (nSPS) is 25.1. The number of nitrogens with one attached hydrogen (secondary N) is 1. The average Bonchev–Trinajstić information content (AvgIpc) is 2.67. The molecule has 7 heteroatoms. The van der Waals surface area contributed by atoms with E-state index in [9.17, 15) is 23.1 Å². The van der Waals surface area contributed by atoms with Gasteiger partial charge in [0, 0.05) is 22.8 Å². The van der Waals surface area contributed by atoms with Crippen molar-refractivity contribution in [3.63, 3.8) is 0 Å². The Hall–Kier alpha value is -2.93. The molecule has 0 bridgehead atoms. The van der Waals surface area contributed by atoms with Crippen LogP contribution in [0.3, 0.4) is 0 Å². The summed E-state index contributed by atoms with van der Waals surface area (Å²) >= 11 is 0. The number of halogens is 3. The predicted molar refractivity (Wildman–Crippen MR) is 97.8 cm³/mol. The van der Waals surface area contributed by atoms with Crippen LogP contribution < -0.4 is 5.32 Å². The average molecular weight is 386 g/mol. The highest BCUT2D eigenvalue weighted by atomic mass is 19.4. The lowest BCUT2D eigenvalue weighted by molar-refractivity contribution is -0.245. The van der Waals surface area contributed by atoms with Gasteiger partial charge in [-0.2, -0.15) is 13.2 Å². The lowest BCUT2D eigenvalue weighted by Gasteiger charge is -2.41. The van der Waals surface area contributed by atoms with Gasteiger partial charge in [0.05, 0.1) is 18.7 Å². The van der Waals surface area contributed by atoms with Crippen LogP contribution >= 0.6 is 0 Å². The lowest BCUT2D eigenvalue weighted by Crippen LogP contribution is -2.57. The molecule has 2 aromatic rings. The van der Waals surface area contributed by atoms with Crippen molar-refractivity contribution in [2.75, 3.05) is 6.54 Å². The molecule has 0 fully saturated rings. The van der Waals surface area contributed by atoms with Crippen molar-refractivity contribution in [2.45, 2.75) is 24.1 Å². The fourth-order valence-corrected chi connectivity index (χ4v) is 3.77. The molecule has 0 saturated heterocycles. The first-order valence-corrected chi connectivity index (χ1v) is 8.80. The quantitative estimate of drug-likeness (QED) is 0.832. The Labute approximate surface area is 159 Å². The van der Waals surface area contributed by atoms with Crippen LogP contribution in [0, 0.1) is 0 Å². The molecule has 0 aliphatic carbocycles. The fraction of sp³-hybridized carbons (Fsp3) is 0.238. The molecule has 2 aromatic carbocycles. The molecule has 1 amide bonds. The number of rotatable bonds is 2. The van der Waals surface area contributed by atoms with Gasteiger partial charge >= 0.3 is 6.18 Å². The molecule has 0 saturated carbocycles. The molecule has 4 nitrogen and oxygen atoms in total. The van der Waals surface area contributed by atoms with Crippen LogP contribution in [-0.2, 0) is 4.79 Å². The number of nitrogens with zero attached hydrogens (tertiary/aromatic N) is 1. The maximum Gasteiger partial charge on any atom is 0.422 e. The molecule has 0 aromatic heterocycles. The number of hydrogen-bond donors (Lipinski definition) is 2. The second kappa shape index (κ2) is 6.60. The summed E-state index contributed by atoms with van der Waals surface area (Å²) < 4.78 is 41.9. The SMILES string of the molecule is O=C1CC(O)(C(F)(F)F)C2=C(N1)C(c1ccccc1)CN=C2c1ccccc1. The first-order chi connectivity index (χ1) is 13.3. The molecule has 144 valence electrons. The van der Waals surface area contributed by atoms with E-state index in [1.54, 1.807) is 60.7 Å². The first-order valence-electron chi connectivity index (χ1n) is 8.80. The zero-order valence-electron chi connectivity index (χ0n) is 14.7. The van der Waals surface area contributed by atoms with Gasteiger partial charge in [-0.3, -0.25) is 9.79 Å². The minimum Gasteiger partial charge on any atom is -0.376 e. The van der Waals surface area contributed by atoms with Gasteiger partial charge in [0.25, 0.3) is 0 Å². The van der Waals surface area contributed by atoms with Crippen LogP contribution in [0.4, 0.5) is 13.2 Å². The minimum atomic E-state index is -5.03. The van der Waals surface area contributed by atoms with Crippen LogP contribution in [0.15, 0.2) is 76.9 Å². The summed E-state index contributed by atoms with van der Waals surface area (Å²) in [6.07, 6.45) is -6.12. The maximum absolute atomic E-state index is 14.0. The summed E-state index contributed by atoms with van der Waals surface area (Å²) in [6.45, 7) is 0.168. The summed E-state index contributed by atoms with van der Waals surface area (Å²) in [5.41, 5.74) is -2.37. The van der Waals surface area contributed by atoms with Gasteiger partial charge in [-0.1, -0.05) is 60.7 Å². The van der Waals surface area contributed by atoms with Crippen LogP contribution in [0.2, 0.25) is 0 Å². The van der Waals surface area contributed by atoms with Crippen LogP contribution in [-0.4, -0.2) is 35.0 Å². The van der Waals surface area contributed by atoms with E-state index < -0.39 is 30.0 Å². The molecule has 2 atom stereocenters. The monoisotopic (exact) mass is 386 g/mol. The van der Waals surface area contributed by atoms with Gasteiger partial charge in [0.1, 0.15) is 0 Å². The number of hydrogen-bond acceptors (Lipinski definition) is 3. The van der Waals surface area contributed by atoms with Crippen molar-refractivity contribution in [1.82, 2.24) is 5.32 Å². The summed E-state index contributed by atoms with van der Waals surface area (Å²) in [4.78, 5) is 16.6. The van der Waals surface area contributed by atoms with Crippen molar-refractivity contribution >= 4 is 11.6 Å². The third-order valence-electron chi connectivity index (χ3n) is 5.11. The number of alkyl halides is 3. The van der Waals surface area contributed by atoms with E-state index in [1.807, 2.05) is 0 Å². The van der Waals surface area contributed by atoms with Crippen LogP contribution in [0.1, 0.15) is 23.5 Å². The number of benzene rings is 2. The highest BCUT2D eigenvalue weighted by Crippen LogP contribution is 2.47. The molecule has 0 radical (unpaired) electrons. The molecular weight excluding hydrogens is 369 g/mol. The Morgan fingerprint density at radius 2 is 1.64 bits per heavy atom. The Bertz CT molecular complexity index is 968. The molecule has 2 N–H and O–H groups in total. The van der Waals surface area contributed by atoms with Gasteiger partial charge in [-0.05, 0) is 5.56 Å². The topological polar surface area (TPSA) is 61.7 Å². The Morgan fingerprint density at radius 1 is 1.04 bits per heavy atom. The van der Waals surface area contributed by atoms with Gasteiger partial charge in [0.15, 0.2) is 5.60 Å². The zero-order valence-corrected chi connectivity index (χ0v) is 14.7. The number of dihydropyridines is 1. The highest BCUT2D eigenvalue weighted by Gasteiger charge is 2.62. The summed E-state index contributed by atoms with van der Waals surface area (Å²) in [5.74, 6) is -1.45. The van der Waals surface area contributed by atoms with Gasteiger partial charge in [-0.15, -0.1) is 0 Å². The van der Waals surface area contributed by atoms with Crippen LogP contribution in [0.5, 0.6) is 0 Å². The van der Waals surface area contributed by atoms with Gasteiger partial charge in [-0.25, -0.2) is 0 Å². The standard InChI is InChI=1S/C21H17F3N2O2/c22-21(23,24)20(28)11-16(27)26-19-15(13-7-3-1-4-8-13)12-25-18(17(19)20)14-9-5-2-6-10-14/h1-10,15,28H,11-12H2,(H,26,27). The first kappa shape index (κ1) is 18.4. The second-order valence-electron chi connectivity index (χ2n) is 6.89. The van der Waals surface area contributed by atoms with Crippen molar-refractivity contribution < 1.29 is 23.1 Å². The Balaban J connectivity index is 1.96. The second-order valence-corrected chi connectivity index (χ2v) is 6.89. The van der Waals surface area contributed by atoms with Crippen molar-refractivity contribution in [3.8, 4) is 0 Å². The molecule has 2 aliphatic heterocycles. The van der Waals surface area contributed by atoms with Crippen LogP contribution in [0.25, 0.3) is 0 Å². The third-order valence-corrected chi connectivity index (χ3v) is 5.11. The largest absolute Gasteiger partial charge is 0.422 e. The number of carbonyl (C=O) groups is 1. The van der Waals surface area contributed by atoms with E-state index in [1.165, 1.54) is 0 Å². The number of amides is 1. The molecule has 2 heterocycles. The Morgan fingerprint density at radius 3 is 2.25 bits per heavy atom. The molecule has 2 aliphatic rings. The molecule has 2 unspecified atom stereocenters. The smallest absolute Gasteiger partial charge is 0.376 e. The highest BCUT2D eigenvalue weighted by molar-refractivity contribution is 6.16. The van der Waals surface area contributed by atoms with E-state index in [-0.39, 0.29) is 23.5 Å². The van der Waals surface area contributed by atoms with Crippen molar-refractivity contribution in [3.05, 3.63) is 83.1 Å².